The normalized spacial score (nSPS) is 15.3. The Morgan fingerprint density at radius 1 is 1.50 bits per heavy atom. The summed E-state index contributed by atoms with van der Waals surface area (Å²) in [6, 6.07) is -0.639. The van der Waals surface area contributed by atoms with E-state index in [0.717, 1.165) is 0 Å². The first-order valence-electron chi connectivity index (χ1n) is 3.59. The minimum Gasteiger partial charge on any atom is -0.432 e. The van der Waals surface area contributed by atoms with Crippen molar-refractivity contribution in [3.63, 3.8) is 0 Å². The Labute approximate surface area is 71.8 Å². The summed E-state index contributed by atoms with van der Waals surface area (Å²) in [5.74, 6) is -0.501. The summed E-state index contributed by atoms with van der Waals surface area (Å²) in [7, 11) is 2.92. The van der Waals surface area contributed by atoms with Gasteiger partial charge in [-0.3, -0.25) is 4.79 Å². The fourth-order valence-corrected chi connectivity index (χ4v) is 0.523. The van der Waals surface area contributed by atoms with Gasteiger partial charge in [0.05, 0.1) is 0 Å². The molecular formula is C7H15NO4. The Hall–Kier alpha value is -0.650. The Bertz CT molecular complexity index is 137. The third kappa shape index (κ3) is 4.27. The quantitative estimate of drug-likeness (QED) is 0.452. The Kier molecular flexibility index (Phi) is 5.61. The van der Waals surface area contributed by atoms with Crippen molar-refractivity contribution < 1.29 is 19.0 Å². The van der Waals surface area contributed by atoms with Gasteiger partial charge in [-0.15, -0.1) is 0 Å². The monoisotopic (exact) mass is 177 g/mol. The lowest BCUT2D eigenvalue weighted by Crippen LogP contribution is -2.34. The molecule has 0 spiro atoms. The Morgan fingerprint density at radius 2 is 2.08 bits per heavy atom. The number of methoxy groups -OCH3 is 2. The number of nitrogens with two attached hydrogens (primary N) is 1. The molecule has 5 nitrogen and oxygen atoms in total. The standard InChI is InChI=1S/C7H15NO4/c1-5(8)7(9)12-6(11-3)4-10-2/h5-6H,4,8H2,1-3H3/t5-,6?/m0/s1. The third-order valence-electron chi connectivity index (χ3n) is 1.19. The zero-order chi connectivity index (χ0) is 9.56. The van der Waals surface area contributed by atoms with Gasteiger partial charge in [0.1, 0.15) is 12.6 Å². The topological polar surface area (TPSA) is 70.8 Å². The van der Waals surface area contributed by atoms with Crippen molar-refractivity contribution in [2.24, 2.45) is 5.73 Å². The van der Waals surface area contributed by atoms with E-state index in [0.29, 0.717) is 0 Å². The van der Waals surface area contributed by atoms with Crippen LogP contribution < -0.4 is 5.73 Å². The van der Waals surface area contributed by atoms with Gasteiger partial charge in [-0.1, -0.05) is 0 Å². The molecule has 0 aliphatic carbocycles. The SMILES string of the molecule is COCC(OC)OC(=O)[C@H](C)N. The molecule has 0 fully saturated rings. The summed E-state index contributed by atoms with van der Waals surface area (Å²) in [6.45, 7) is 1.75. The van der Waals surface area contributed by atoms with Crippen molar-refractivity contribution >= 4 is 5.97 Å². The lowest BCUT2D eigenvalue weighted by molar-refractivity contribution is -0.183. The average molecular weight is 177 g/mol. The van der Waals surface area contributed by atoms with Crippen molar-refractivity contribution in [3.05, 3.63) is 0 Å². The zero-order valence-electron chi connectivity index (χ0n) is 7.57. The van der Waals surface area contributed by atoms with Gasteiger partial charge in [-0.2, -0.15) is 0 Å². The first kappa shape index (κ1) is 11.4. The van der Waals surface area contributed by atoms with E-state index in [1.165, 1.54) is 14.2 Å². The molecule has 0 heterocycles. The second-order valence-corrected chi connectivity index (χ2v) is 2.35. The molecule has 0 bridgehead atoms. The summed E-state index contributed by atoms with van der Waals surface area (Å²) in [5.41, 5.74) is 5.26. The molecule has 0 radical (unpaired) electrons. The van der Waals surface area contributed by atoms with Crippen molar-refractivity contribution in [3.8, 4) is 0 Å². The van der Waals surface area contributed by atoms with E-state index in [2.05, 4.69) is 0 Å². The number of carbonyl (C=O) groups excluding carboxylic acids is 1. The van der Waals surface area contributed by atoms with Crippen molar-refractivity contribution in [1.29, 1.82) is 0 Å². The van der Waals surface area contributed by atoms with Crippen LogP contribution in [-0.2, 0) is 19.0 Å². The molecule has 0 aromatic heterocycles. The van der Waals surface area contributed by atoms with Crippen LogP contribution in [0.1, 0.15) is 6.92 Å². The zero-order valence-corrected chi connectivity index (χ0v) is 7.57. The van der Waals surface area contributed by atoms with E-state index in [1.807, 2.05) is 0 Å². The van der Waals surface area contributed by atoms with Crippen LogP contribution in [0.15, 0.2) is 0 Å². The van der Waals surface area contributed by atoms with Gasteiger partial charge in [0.15, 0.2) is 0 Å². The van der Waals surface area contributed by atoms with Crippen LogP contribution in [0.2, 0.25) is 0 Å². The molecule has 12 heavy (non-hydrogen) atoms. The minimum absolute atomic E-state index is 0.203. The number of esters is 1. The van der Waals surface area contributed by atoms with Crippen LogP contribution in [-0.4, -0.2) is 39.1 Å². The summed E-state index contributed by atoms with van der Waals surface area (Å²) >= 11 is 0. The molecule has 72 valence electrons. The summed E-state index contributed by atoms with van der Waals surface area (Å²) in [5, 5.41) is 0. The molecular weight excluding hydrogens is 162 g/mol. The molecule has 0 saturated heterocycles. The largest absolute Gasteiger partial charge is 0.432 e. The first-order chi connectivity index (χ1) is 5.61. The van der Waals surface area contributed by atoms with Crippen LogP contribution in [0, 0.1) is 0 Å². The van der Waals surface area contributed by atoms with Crippen molar-refractivity contribution in [1.82, 2.24) is 0 Å². The maximum Gasteiger partial charge on any atom is 0.325 e. The van der Waals surface area contributed by atoms with E-state index >= 15 is 0 Å². The average Bonchev–Trinajstić information content (AvgIpc) is 2.03. The lowest BCUT2D eigenvalue weighted by Gasteiger charge is -2.16. The smallest absolute Gasteiger partial charge is 0.325 e. The predicted molar refractivity (Wildman–Crippen MR) is 42.4 cm³/mol. The molecule has 0 aromatic rings. The number of ether oxygens (including phenoxy) is 3. The van der Waals surface area contributed by atoms with E-state index in [1.54, 1.807) is 6.92 Å². The van der Waals surface area contributed by atoms with Crippen LogP contribution in [0.3, 0.4) is 0 Å². The van der Waals surface area contributed by atoms with Crippen LogP contribution in [0.4, 0.5) is 0 Å². The number of hydrogen-bond donors (Lipinski definition) is 1. The molecule has 0 saturated carbocycles. The Balaban J connectivity index is 3.77. The maximum atomic E-state index is 10.9. The van der Waals surface area contributed by atoms with E-state index in [9.17, 15) is 4.79 Å². The third-order valence-corrected chi connectivity index (χ3v) is 1.19. The lowest BCUT2D eigenvalue weighted by atomic mass is 10.4. The fraction of sp³-hybridized carbons (Fsp3) is 0.857. The van der Waals surface area contributed by atoms with E-state index < -0.39 is 18.3 Å². The maximum absolute atomic E-state index is 10.9. The molecule has 5 heteroatoms. The highest BCUT2D eigenvalue weighted by Crippen LogP contribution is 1.96. The molecule has 0 rings (SSSR count). The van der Waals surface area contributed by atoms with Crippen molar-refractivity contribution in [2.75, 3.05) is 20.8 Å². The van der Waals surface area contributed by atoms with Gasteiger partial charge in [-0.05, 0) is 6.92 Å². The number of hydrogen-bond acceptors (Lipinski definition) is 5. The van der Waals surface area contributed by atoms with Crippen LogP contribution >= 0.6 is 0 Å². The fourth-order valence-electron chi connectivity index (χ4n) is 0.523. The predicted octanol–water partition coefficient (Wildman–Crippen LogP) is -0.504. The second kappa shape index (κ2) is 5.93. The molecule has 0 aliphatic rings. The Morgan fingerprint density at radius 3 is 2.42 bits per heavy atom. The van der Waals surface area contributed by atoms with Gasteiger partial charge < -0.3 is 19.9 Å². The summed E-state index contributed by atoms with van der Waals surface area (Å²) in [4.78, 5) is 10.9. The number of rotatable bonds is 5. The summed E-state index contributed by atoms with van der Waals surface area (Å²) in [6.07, 6.45) is -0.673. The highest BCUT2D eigenvalue weighted by atomic mass is 16.7. The minimum atomic E-state index is -0.673. The van der Waals surface area contributed by atoms with Gasteiger partial charge in [0.2, 0.25) is 6.29 Å². The van der Waals surface area contributed by atoms with E-state index in [-0.39, 0.29) is 6.61 Å². The van der Waals surface area contributed by atoms with Crippen LogP contribution in [0.5, 0.6) is 0 Å². The molecule has 2 atom stereocenters. The van der Waals surface area contributed by atoms with E-state index in [4.69, 9.17) is 19.9 Å². The molecule has 2 N–H and O–H groups in total. The highest BCUT2D eigenvalue weighted by molar-refractivity contribution is 5.74. The molecule has 0 aliphatic heterocycles. The summed E-state index contributed by atoms with van der Waals surface area (Å²) < 4.78 is 14.3. The van der Waals surface area contributed by atoms with Gasteiger partial charge in [-0.25, -0.2) is 0 Å². The second-order valence-electron chi connectivity index (χ2n) is 2.35. The van der Waals surface area contributed by atoms with Crippen LogP contribution in [0.25, 0.3) is 0 Å². The highest BCUT2D eigenvalue weighted by Gasteiger charge is 2.15. The molecule has 0 amide bonds. The van der Waals surface area contributed by atoms with Gasteiger partial charge in [0, 0.05) is 14.2 Å². The molecule has 0 aromatic carbocycles. The van der Waals surface area contributed by atoms with Crippen molar-refractivity contribution in [2.45, 2.75) is 19.3 Å². The first-order valence-corrected chi connectivity index (χ1v) is 3.59. The number of carbonyl (C=O) groups is 1. The van der Waals surface area contributed by atoms with Gasteiger partial charge in [0.25, 0.3) is 0 Å². The molecule has 1 unspecified atom stereocenters. The van der Waals surface area contributed by atoms with Gasteiger partial charge >= 0.3 is 5.97 Å².